The average molecular weight is 573 g/mol. The number of benzene rings is 3. The minimum atomic E-state index is -0.0962. The SMILES string of the molecule is CO/C=C/C(=C\C1=CC(c2ccc(OC)cc2)=Cc2cc(OC)cc(OC)c2C1SCc1ccc(OC)cc1)OC. The third-order valence-corrected chi connectivity index (χ3v) is 8.05. The van der Waals surface area contributed by atoms with E-state index in [4.69, 9.17) is 28.4 Å². The summed E-state index contributed by atoms with van der Waals surface area (Å²) in [7, 11) is 9.97. The van der Waals surface area contributed by atoms with E-state index in [0.29, 0.717) is 5.76 Å². The van der Waals surface area contributed by atoms with E-state index in [2.05, 4.69) is 48.6 Å². The number of hydrogen-bond acceptors (Lipinski definition) is 7. The van der Waals surface area contributed by atoms with E-state index in [-0.39, 0.29) is 5.25 Å². The fraction of sp³-hybridized carbons (Fsp3) is 0.235. The highest BCUT2D eigenvalue weighted by Crippen LogP contribution is 2.49. The highest BCUT2D eigenvalue weighted by molar-refractivity contribution is 7.99. The summed E-state index contributed by atoms with van der Waals surface area (Å²) in [6.07, 6.45) is 9.85. The Morgan fingerprint density at radius 2 is 1.41 bits per heavy atom. The Labute approximate surface area is 246 Å². The lowest BCUT2D eigenvalue weighted by Gasteiger charge is -2.23. The lowest BCUT2D eigenvalue weighted by Crippen LogP contribution is -2.04. The van der Waals surface area contributed by atoms with Crippen LogP contribution in [0.3, 0.4) is 0 Å². The molecule has 7 heteroatoms. The first-order valence-corrected chi connectivity index (χ1v) is 14.1. The van der Waals surface area contributed by atoms with Gasteiger partial charge in [-0.3, -0.25) is 0 Å². The molecule has 1 unspecified atom stereocenters. The molecular weight excluding hydrogens is 536 g/mol. The minimum Gasteiger partial charge on any atom is -0.504 e. The topological polar surface area (TPSA) is 55.4 Å². The fourth-order valence-corrected chi connectivity index (χ4v) is 5.86. The van der Waals surface area contributed by atoms with E-state index in [1.54, 1.807) is 55.0 Å². The zero-order valence-electron chi connectivity index (χ0n) is 24.3. The zero-order chi connectivity index (χ0) is 29.2. The predicted molar refractivity (Wildman–Crippen MR) is 167 cm³/mol. The van der Waals surface area contributed by atoms with Crippen LogP contribution >= 0.6 is 11.8 Å². The van der Waals surface area contributed by atoms with Gasteiger partial charge in [0.2, 0.25) is 0 Å². The van der Waals surface area contributed by atoms with Gasteiger partial charge in [0.25, 0.3) is 0 Å². The Balaban J connectivity index is 1.91. The largest absolute Gasteiger partial charge is 0.504 e. The molecule has 214 valence electrons. The number of allylic oxidation sites excluding steroid dienone is 4. The molecule has 1 aliphatic rings. The first-order chi connectivity index (χ1) is 20.0. The van der Waals surface area contributed by atoms with Crippen LogP contribution in [-0.4, -0.2) is 42.7 Å². The van der Waals surface area contributed by atoms with Crippen LogP contribution < -0.4 is 18.9 Å². The van der Waals surface area contributed by atoms with Gasteiger partial charge in [0.1, 0.15) is 28.8 Å². The highest BCUT2D eigenvalue weighted by Gasteiger charge is 2.27. The third kappa shape index (κ3) is 7.30. The van der Waals surface area contributed by atoms with Gasteiger partial charge in [0.15, 0.2) is 0 Å². The van der Waals surface area contributed by atoms with Gasteiger partial charge in [0.05, 0.1) is 54.2 Å². The minimum absolute atomic E-state index is 0.0962. The summed E-state index contributed by atoms with van der Waals surface area (Å²) in [6.45, 7) is 0. The first-order valence-electron chi connectivity index (χ1n) is 13.1. The molecule has 0 radical (unpaired) electrons. The molecule has 0 bridgehead atoms. The Bertz CT molecular complexity index is 1440. The molecule has 0 aliphatic heterocycles. The van der Waals surface area contributed by atoms with Crippen LogP contribution in [0.5, 0.6) is 23.0 Å². The van der Waals surface area contributed by atoms with Crippen LogP contribution in [0.1, 0.15) is 27.5 Å². The van der Waals surface area contributed by atoms with Gasteiger partial charge in [-0.05, 0) is 76.4 Å². The van der Waals surface area contributed by atoms with Crippen molar-refractivity contribution in [2.75, 3.05) is 42.7 Å². The molecule has 1 aliphatic carbocycles. The van der Waals surface area contributed by atoms with Crippen LogP contribution in [0.4, 0.5) is 0 Å². The number of ether oxygens (including phenoxy) is 6. The van der Waals surface area contributed by atoms with Crippen molar-refractivity contribution in [3.63, 3.8) is 0 Å². The second-order valence-electron chi connectivity index (χ2n) is 9.13. The Hall–Kier alpha value is -4.23. The van der Waals surface area contributed by atoms with Crippen molar-refractivity contribution >= 4 is 23.4 Å². The van der Waals surface area contributed by atoms with Crippen LogP contribution in [0, 0.1) is 0 Å². The maximum atomic E-state index is 5.97. The smallest absolute Gasteiger partial charge is 0.127 e. The Morgan fingerprint density at radius 1 is 0.756 bits per heavy atom. The third-order valence-electron chi connectivity index (χ3n) is 6.71. The monoisotopic (exact) mass is 572 g/mol. The van der Waals surface area contributed by atoms with Crippen LogP contribution in [-0.2, 0) is 15.2 Å². The number of methoxy groups -OCH3 is 6. The first kappa shape index (κ1) is 29.7. The molecule has 3 aromatic carbocycles. The van der Waals surface area contributed by atoms with Gasteiger partial charge in [-0.1, -0.05) is 24.3 Å². The molecule has 0 saturated carbocycles. The standard InChI is InChI=1S/C34H36O6S/c1-35-16-15-30(38-4)20-27-18-25(24-9-13-29(37-3)14-10-24)17-26-19-31(39-5)21-32(40-6)33(26)34(27)41-22-23-7-11-28(36-2)12-8-23/h7-21,34H,22H2,1-6H3/b16-15+,30-20+. The van der Waals surface area contributed by atoms with Crippen molar-refractivity contribution in [1.82, 2.24) is 0 Å². The van der Waals surface area contributed by atoms with E-state index in [1.165, 1.54) is 5.56 Å². The predicted octanol–water partition coefficient (Wildman–Crippen LogP) is 7.87. The van der Waals surface area contributed by atoms with Gasteiger partial charge in [-0.15, -0.1) is 11.8 Å². The lowest BCUT2D eigenvalue weighted by molar-refractivity contribution is 0.297. The van der Waals surface area contributed by atoms with Crippen LogP contribution in [0.2, 0.25) is 0 Å². The molecule has 4 rings (SSSR count). The fourth-order valence-electron chi connectivity index (χ4n) is 4.56. The summed E-state index contributed by atoms with van der Waals surface area (Å²) >= 11 is 1.81. The maximum Gasteiger partial charge on any atom is 0.127 e. The molecular formula is C34H36O6S. The molecule has 6 nitrogen and oxygen atoms in total. The summed E-state index contributed by atoms with van der Waals surface area (Å²) in [4.78, 5) is 0. The summed E-state index contributed by atoms with van der Waals surface area (Å²) in [6, 6.07) is 20.2. The summed E-state index contributed by atoms with van der Waals surface area (Å²) in [5.74, 6) is 4.55. The molecule has 0 aromatic heterocycles. The summed E-state index contributed by atoms with van der Waals surface area (Å²) < 4.78 is 33.3. The lowest BCUT2D eigenvalue weighted by atomic mass is 9.98. The molecule has 0 N–H and O–H groups in total. The molecule has 0 saturated heterocycles. The Kier molecular flexibility index (Phi) is 10.5. The second-order valence-corrected chi connectivity index (χ2v) is 10.2. The molecule has 0 heterocycles. The zero-order valence-corrected chi connectivity index (χ0v) is 25.1. The van der Waals surface area contributed by atoms with Crippen molar-refractivity contribution in [2.24, 2.45) is 0 Å². The van der Waals surface area contributed by atoms with Crippen molar-refractivity contribution in [3.05, 3.63) is 119 Å². The number of hydrogen-bond donors (Lipinski definition) is 0. The van der Waals surface area contributed by atoms with Gasteiger partial charge in [0, 0.05) is 23.5 Å². The quantitative estimate of drug-likeness (QED) is 0.162. The van der Waals surface area contributed by atoms with E-state index in [1.807, 2.05) is 42.1 Å². The number of rotatable bonds is 12. The van der Waals surface area contributed by atoms with E-state index in [9.17, 15) is 0 Å². The summed E-state index contributed by atoms with van der Waals surface area (Å²) in [5.41, 5.74) is 6.40. The molecule has 0 spiro atoms. The van der Waals surface area contributed by atoms with E-state index in [0.717, 1.165) is 56.6 Å². The second kappa shape index (κ2) is 14.4. The highest BCUT2D eigenvalue weighted by atomic mass is 32.2. The molecule has 1 atom stereocenters. The van der Waals surface area contributed by atoms with Crippen LogP contribution in [0.25, 0.3) is 11.6 Å². The summed E-state index contributed by atoms with van der Waals surface area (Å²) in [5, 5.41) is -0.0962. The van der Waals surface area contributed by atoms with Gasteiger partial charge in [-0.2, -0.15) is 0 Å². The maximum absolute atomic E-state index is 5.97. The van der Waals surface area contributed by atoms with Crippen molar-refractivity contribution in [3.8, 4) is 23.0 Å². The van der Waals surface area contributed by atoms with Gasteiger partial charge < -0.3 is 28.4 Å². The molecule has 3 aromatic rings. The van der Waals surface area contributed by atoms with Crippen LogP contribution in [0.15, 0.2) is 96.5 Å². The number of thioether (sulfide) groups is 1. The van der Waals surface area contributed by atoms with E-state index < -0.39 is 0 Å². The normalized spacial score (nSPS) is 14.9. The van der Waals surface area contributed by atoms with Crippen molar-refractivity contribution in [2.45, 2.75) is 11.0 Å². The van der Waals surface area contributed by atoms with Crippen molar-refractivity contribution in [1.29, 1.82) is 0 Å². The van der Waals surface area contributed by atoms with Gasteiger partial charge >= 0.3 is 0 Å². The Morgan fingerprint density at radius 3 is 2.00 bits per heavy atom. The number of fused-ring (bicyclic) bond motifs is 1. The molecule has 0 amide bonds. The molecule has 41 heavy (non-hydrogen) atoms. The van der Waals surface area contributed by atoms with E-state index >= 15 is 0 Å². The van der Waals surface area contributed by atoms with Gasteiger partial charge in [-0.25, -0.2) is 0 Å². The van der Waals surface area contributed by atoms with Crippen molar-refractivity contribution < 1.29 is 28.4 Å². The average Bonchev–Trinajstić information content (AvgIpc) is 3.18. The molecule has 0 fully saturated rings.